The van der Waals surface area contributed by atoms with Gasteiger partial charge in [-0.15, -0.1) is 0 Å². The van der Waals surface area contributed by atoms with E-state index in [2.05, 4.69) is 4.99 Å². The van der Waals surface area contributed by atoms with Crippen LogP contribution in [-0.2, 0) is 4.74 Å². The number of methoxy groups -OCH3 is 1. The molecule has 2 rings (SSSR count). The van der Waals surface area contributed by atoms with Gasteiger partial charge in [-0.2, -0.15) is 0 Å². The van der Waals surface area contributed by atoms with E-state index in [0.717, 1.165) is 0 Å². The highest BCUT2D eigenvalue weighted by Crippen LogP contribution is 2.25. The van der Waals surface area contributed by atoms with Gasteiger partial charge in [0.15, 0.2) is 0 Å². The average Bonchev–Trinajstić information content (AvgIpc) is 2.70. The van der Waals surface area contributed by atoms with Gasteiger partial charge in [0.25, 0.3) is 0 Å². The summed E-state index contributed by atoms with van der Waals surface area (Å²) < 4.78 is 10.2. The van der Waals surface area contributed by atoms with Gasteiger partial charge >= 0.3 is 0 Å². The van der Waals surface area contributed by atoms with Crippen LogP contribution in [-0.4, -0.2) is 31.3 Å². The lowest BCUT2D eigenvalue weighted by Crippen LogP contribution is -2.01. The third-order valence-electron chi connectivity index (χ3n) is 2.02. The monoisotopic (exact) mass is 193 g/mol. The average molecular weight is 193 g/mol. The van der Waals surface area contributed by atoms with E-state index in [9.17, 15) is 5.11 Å². The molecule has 0 aliphatic carbocycles. The van der Waals surface area contributed by atoms with Crippen LogP contribution < -0.4 is 4.74 Å². The van der Waals surface area contributed by atoms with Gasteiger partial charge in [-0.25, -0.2) is 4.99 Å². The zero-order chi connectivity index (χ0) is 9.97. The van der Waals surface area contributed by atoms with Crippen LogP contribution in [0.25, 0.3) is 0 Å². The Morgan fingerprint density at radius 2 is 2.36 bits per heavy atom. The number of benzene rings is 1. The number of aliphatic imine (C=N–C) groups is 1. The summed E-state index contributed by atoms with van der Waals surface area (Å²) in [5, 5.41) is 9.64. The van der Waals surface area contributed by atoms with Crippen LogP contribution in [0.15, 0.2) is 23.2 Å². The Labute approximate surface area is 81.8 Å². The molecule has 0 saturated carbocycles. The van der Waals surface area contributed by atoms with Gasteiger partial charge in [0.2, 0.25) is 5.90 Å². The Morgan fingerprint density at radius 1 is 1.50 bits per heavy atom. The lowest BCUT2D eigenvalue weighted by molar-refractivity contribution is 0.346. The van der Waals surface area contributed by atoms with Gasteiger partial charge in [-0.3, -0.25) is 0 Å². The molecule has 1 aliphatic rings. The summed E-state index contributed by atoms with van der Waals surface area (Å²) in [6, 6.07) is 5.04. The Hall–Kier alpha value is -1.71. The summed E-state index contributed by atoms with van der Waals surface area (Å²) in [6.07, 6.45) is 0. The molecule has 1 aliphatic heterocycles. The van der Waals surface area contributed by atoms with Crippen molar-refractivity contribution in [2.45, 2.75) is 0 Å². The maximum atomic E-state index is 9.64. The number of hydrogen-bond acceptors (Lipinski definition) is 4. The molecule has 1 N–H and O–H groups in total. The maximum absolute atomic E-state index is 9.64. The number of hydrogen-bond donors (Lipinski definition) is 1. The zero-order valence-corrected chi connectivity index (χ0v) is 7.86. The van der Waals surface area contributed by atoms with Crippen molar-refractivity contribution in [3.05, 3.63) is 23.8 Å². The number of phenols is 1. The molecule has 0 unspecified atom stereocenters. The van der Waals surface area contributed by atoms with Gasteiger partial charge in [0, 0.05) is 6.07 Å². The summed E-state index contributed by atoms with van der Waals surface area (Å²) >= 11 is 0. The fraction of sp³-hybridized carbons (Fsp3) is 0.300. The van der Waals surface area contributed by atoms with E-state index in [1.54, 1.807) is 25.3 Å². The van der Waals surface area contributed by atoms with E-state index in [0.29, 0.717) is 30.4 Å². The highest BCUT2D eigenvalue weighted by Gasteiger charge is 2.14. The molecule has 4 heteroatoms. The van der Waals surface area contributed by atoms with Crippen LogP contribution in [0.5, 0.6) is 11.5 Å². The number of rotatable bonds is 2. The molecule has 0 fully saturated rings. The van der Waals surface area contributed by atoms with Gasteiger partial charge in [0.05, 0.1) is 19.2 Å². The van der Waals surface area contributed by atoms with E-state index in [4.69, 9.17) is 9.47 Å². The highest BCUT2D eigenvalue weighted by molar-refractivity contribution is 5.97. The second-order valence-electron chi connectivity index (χ2n) is 2.92. The number of nitrogens with zero attached hydrogens (tertiary/aromatic N) is 1. The second kappa shape index (κ2) is 3.57. The smallest absolute Gasteiger partial charge is 0.220 e. The van der Waals surface area contributed by atoms with E-state index < -0.39 is 0 Å². The van der Waals surface area contributed by atoms with Crippen molar-refractivity contribution in [2.75, 3.05) is 20.3 Å². The minimum atomic E-state index is 0.130. The first-order valence-electron chi connectivity index (χ1n) is 4.36. The summed E-state index contributed by atoms with van der Waals surface area (Å²) in [5.74, 6) is 1.25. The van der Waals surface area contributed by atoms with Crippen LogP contribution >= 0.6 is 0 Å². The summed E-state index contributed by atoms with van der Waals surface area (Å²) in [5.41, 5.74) is 0.614. The van der Waals surface area contributed by atoms with Gasteiger partial charge in [-0.1, -0.05) is 0 Å². The van der Waals surface area contributed by atoms with Crippen LogP contribution in [0.2, 0.25) is 0 Å². The zero-order valence-electron chi connectivity index (χ0n) is 7.86. The summed E-state index contributed by atoms with van der Waals surface area (Å²) in [7, 11) is 1.55. The first-order valence-corrected chi connectivity index (χ1v) is 4.36. The second-order valence-corrected chi connectivity index (χ2v) is 2.92. The SMILES string of the molecule is COc1ccc(C2=NCCO2)c(O)c1. The molecule has 4 nitrogen and oxygen atoms in total. The fourth-order valence-electron chi connectivity index (χ4n) is 1.32. The maximum Gasteiger partial charge on any atom is 0.220 e. The van der Waals surface area contributed by atoms with Crippen molar-refractivity contribution in [3.8, 4) is 11.5 Å². The predicted octanol–water partition coefficient (Wildman–Crippen LogP) is 1.18. The minimum Gasteiger partial charge on any atom is -0.507 e. The van der Waals surface area contributed by atoms with Crippen LogP contribution in [0.1, 0.15) is 5.56 Å². The molecular formula is C10H11NO3. The minimum absolute atomic E-state index is 0.130. The van der Waals surface area contributed by atoms with Crippen molar-refractivity contribution < 1.29 is 14.6 Å². The third-order valence-corrected chi connectivity index (χ3v) is 2.02. The van der Waals surface area contributed by atoms with E-state index >= 15 is 0 Å². The molecule has 14 heavy (non-hydrogen) atoms. The molecule has 1 aromatic rings. The van der Waals surface area contributed by atoms with Crippen molar-refractivity contribution in [1.29, 1.82) is 0 Å². The Balaban J connectivity index is 2.34. The van der Waals surface area contributed by atoms with Gasteiger partial charge in [-0.05, 0) is 12.1 Å². The molecule has 0 aromatic heterocycles. The summed E-state index contributed by atoms with van der Waals surface area (Å²) in [6.45, 7) is 1.24. The van der Waals surface area contributed by atoms with Crippen LogP contribution in [0, 0.1) is 0 Å². The summed E-state index contributed by atoms with van der Waals surface area (Å²) in [4.78, 5) is 4.12. The first-order chi connectivity index (χ1) is 6.81. The van der Waals surface area contributed by atoms with Crippen LogP contribution in [0.4, 0.5) is 0 Å². The molecule has 0 atom stereocenters. The Bertz CT molecular complexity index is 374. The molecular weight excluding hydrogens is 182 g/mol. The van der Waals surface area contributed by atoms with E-state index in [1.807, 2.05) is 0 Å². The predicted molar refractivity (Wildman–Crippen MR) is 52.0 cm³/mol. The molecule has 0 bridgehead atoms. The molecule has 1 heterocycles. The Morgan fingerprint density at radius 3 is 2.93 bits per heavy atom. The highest BCUT2D eigenvalue weighted by atomic mass is 16.5. The third kappa shape index (κ3) is 1.51. The molecule has 0 radical (unpaired) electrons. The van der Waals surface area contributed by atoms with Crippen molar-refractivity contribution in [2.24, 2.45) is 4.99 Å². The topological polar surface area (TPSA) is 51.0 Å². The normalized spacial score (nSPS) is 14.8. The van der Waals surface area contributed by atoms with Gasteiger partial charge < -0.3 is 14.6 Å². The number of aromatic hydroxyl groups is 1. The Kier molecular flexibility index (Phi) is 2.26. The van der Waals surface area contributed by atoms with Crippen molar-refractivity contribution in [1.82, 2.24) is 0 Å². The molecule has 0 spiro atoms. The lowest BCUT2D eigenvalue weighted by Gasteiger charge is -2.06. The molecule has 0 amide bonds. The molecule has 74 valence electrons. The standard InChI is InChI=1S/C10H11NO3/c1-13-7-2-3-8(9(12)6-7)10-11-4-5-14-10/h2-3,6,12H,4-5H2,1H3. The van der Waals surface area contributed by atoms with Gasteiger partial charge in [0.1, 0.15) is 18.1 Å². The van der Waals surface area contributed by atoms with E-state index in [-0.39, 0.29) is 5.75 Å². The fourth-order valence-corrected chi connectivity index (χ4v) is 1.32. The molecule has 1 aromatic carbocycles. The van der Waals surface area contributed by atoms with E-state index in [1.165, 1.54) is 0 Å². The number of ether oxygens (including phenoxy) is 2. The molecule has 0 saturated heterocycles. The largest absolute Gasteiger partial charge is 0.507 e. The van der Waals surface area contributed by atoms with Crippen molar-refractivity contribution >= 4 is 5.90 Å². The lowest BCUT2D eigenvalue weighted by atomic mass is 10.2. The van der Waals surface area contributed by atoms with Crippen LogP contribution in [0.3, 0.4) is 0 Å². The van der Waals surface area contributed by atoms with Crippen molar-refractivity contribution in [3.63, 3.8) is 0 Å². The quantitative estimate of drug-likeness (QED) is 0.767. The number of phenolic OH excluding ortho intramolecular Hbond substituents is 1. The first kappa shape index (κ1) is 8.87.